The number of amides is 1. The molecule has 0 radical (unpaired) electrons. The molecule has 0 aliphatic carbocycles. The number of nitriles is 1. The molecular weight excluding hydrogens is 218 g/mol. The predicted molar refractivity (Wildman–Crippen MR) is 63.9 cm³/mol. The van der Waals surface area contributed by atoms with Crippen LogP contribution in [0.15, 0.2) is 18.2 Å². The molecule has 17 heavy (non-hydrogen) atoms. The molecule has 0 saturated heterocycles. The number of carbonyl (C=O) groups excluding carboxylic acids is 1. The van der Waals surface area contributed by atoms with Crippen LogP contribution in [0.3, 0.4) is 0 Å². The molecule has 2 N–H and O–H groups in total. The highest BCUT2D eigenvalue weighted by molar-refractivity contribution is 5.96. The van der Waals surface area contributed by atoms with Crippen molar-refractivity contribution in [2.75, 3.05) is 17.2 Å². The van der Waals surface area contributed by atoms with Crippen molar-refractivity contribution < 1.29 is 9.53 Å². The fourth-order valence-corrected chi connectivity index (χ4v) is 1.55. The van der Waals surface area contributed by atoms with Gasteiger partial charge < -0.3 is 15.4 Å². The number of anilines is 2. The molecule has 0 atom stereocenters. The highest BCUT2D eigenvalue weighted by Gasteiger charge is 2.19. The van der Waals surface area contributed by atoms with Crippen molar-refractivity contribution in [1.29, 1.82) is 5.26 Å². The lowest BCUT2D eigenvalue weighted by atomic mass is 10.1. The fourth-order valence-electron chi connectivity index (χ4n) is 1.55. The third kappa shape index (κ3) is 2.48. The van der Waals surface area contributed by atoms with Gasteiger partial charge in [0.05, 0.1) is 11.8 Å². The highest BCUT2D eigenvalue weighted by Crippen LogP contribution is 2.31. The van der Waals surface area contributed by atoms with Gasteiger partial charge in [0.1, 0.15) is 11.3 Å². The average molecular weight is 231 g/mol. The van der Waals surface area contributed by atoms with Crippen molar-refractivity contribution in [2.45, 2.75) is 19.4 Å². The fraction of sp³-hybridized carbons (Fsp3) is 0.333. The molecular formula is C12H13N3O2. The maximum absolute atomic E-state index is 11.2. The summed E-state index contributed by atoms with van der Waals surface area (Å²) in [4.78, 5) is 11.2. The average Bonchev–Trinajstić information content (AvgIpc) is 2.28. The largest absolute Gasteiger partial charge is 0.482 e. The molecule has 0 aromatic heterocycles. The zero-order valence-electron chi connectivity index (χ0n) is 9.70. The van der Waals surface area contributed by atoms with Gasteiger partial charge in [-0.15, -0.1) is 0 Å². The van der Waals surface area contributed by atoms with Crippen LogP contribution in [0.1, 0.15) is 13.8 Å². The Morgan fingerprint density at radius 1 is 1.53 bits per heavy atom. The highest BCUT2D eigenvalue weighted by atomic mass is 16.5. The monoisotopic (exact) mass is 231 g/mol. The van der Waals surface area contributed by atoms with Gasteiger partial charge in [-0.1, -0.05) is 0 Å². The molecule has 1 aliphatic rings. The third-order valence-electron chi connectivity index (χ3n) is 2.35. The van der Waals surface area contributed by atoms with E-state index in [2.05, 4.69) is 16.7 Å². The van der Waals surface area contributed by atoms with Crippen molar-refractivity contribution >= 4 is 17.3 Å². The Morgan fingerprint density at radius 3 is 3.00 bits per heavy atom. The van der Waals surface area contributed by atoms with Crippen LogP contribution in [0.2, 0.25) is 0 Å². The molecule has 0 fully saturated rings. The zero-order valence-corrected chi connectivity index (χ0v) is 9.70. The van der Waals surface area contributed by atoms with E-state index in [0.717, 1.165) is 5.69 Å². The van der Waals surface area contributed by atoms with E-state index in [1.54, 1.807) is 26.0 Å². The number of nitrogens with one attached hydrogen (secondary N) is 2. The minimum Gasteiger partial charge on any atom is -0.482 e. The molecule has 1 aromatic rings. The van der Waals surface area contributed by atoms with Gasteiger partial charge in [-0.2, -0.15) is 5.26 Å². The van der Waals surface area contributed by atoms with E-state index in [0.29, 0.717) is 11.4 Å². The minimum absolute atomic E-state index is 0.0451. The first-order chi connectivity index (χ1) is 8.00. The summed E-state index contributed by atoms with van der Waals surface area (Å²) in [5, 5.41) is 14.7. The SMILES string of the molecule is CC(C)(C#N)Nc1ccc2c(c1)NC(=O)CO2. The Bertz CT molecular complexity index is 503. The van der Waals surface area contributed by atoms with Crippen LogP contribution in [0.4, 0.5) is 11.4 Å². The molecule has 0 saturated carbocycles. The molecule has 0 bridgehead atoms. The molecule has 1 aromatic carbocycles. The van der Waals surface area contributed by atoms with Gasteiger partial charge in [0.15, 0.2) is 6.61 Å². The van der Waals surface area contributed by atoms with E-state index in [9.17, 15) is 4.79 Å². The van der Waals surface area contributed by atoms with Gasteiger partial charge in [-0.3, -0.25) is 4.79 Å². The summed E-state index contributed by atoms with van der Waals surface area (Å²) in [6.07, 6.45) is 0. The van der Waals surface area contributed by atoms with Crippen LogP contribution < -0.4 is 15.4 Å². The van der Waals surface area contributed by atoms with Crippen LogP contribution in [-0.4, -0.2) is 18.1 Å². The number of hydrogen-bond donors (Lipinski definition) is 2. The Hall–Kier alpha value is -2.22. The molecule has 5 nitrogen and oxygen atoms in total. The summed E-state index contributed by atoms with van der Waals surface area (Å²) in [7, 11) is 0. The standard InChI is InChI=1S/C12H13N3O2/c1-12(2,7-13)15-8-3-4-10-9(5-8)14-11(16)6-17-10/h3-5,15H,6H2,1-2H3,(H,14,16). The van der Waals surface area contributed by atoms with E-state index in [1.165, 1.54) is 0 Å². The van der Waals surface area contributed by atoms with Crippen LogP contribution in [0.5, 0.6) is 5.75 Å². The molecule has 0 unspecified atom stereocenters. The topological polar surface area (TPSA) is 74.2 Å². The lowest BCUT2D eigenvalue weighted by Gasteiger charge is -2.22. The zero-order chi connectivity index (χ0) is 12.5. The molecule has 1 aliphatic heterocycles. The number of benzene rings is 1. The number of rotatable bonds is 2. The molecule has 0 spiro atoms. The van der Waals surface area contributed by atoms with Crippen LogP contribution in [0.25, 0.3) is 0 Å². The van der Waals surface area contributed by atoms with Gasteiger partial charge >= 0.3 is 0 Å². The van der Waals surface area contributed by atoms with Crippen molar-refractivity contribution in [1.82, 2.24) is 0 Å². The second kappa shape index (κ2) is 3.98. The van der Waals surface area contributed by atoms with Gasteiger partial charge in [0, 0.05) is 5.69 Å². The first-order valence-corrected chi connectivity index (χ1v) is 5.26. The summed E-state index contributed by atoms with van der Waals surface area (Å²) in [5.41, 5.74) is 0.731. The van der Waals surface area contributed by atoms with E-state index in [1.807, 2.05) is 6.07 Å². The van der Waals surface area contributed by atoms with Crippen LogP contribution in [0, 0.1) is 11.3 Å². The first-order valence-electron chi connectivity index (χ1n) is 5.26. The Balaban J connectivity index is 2.25. The number of hydrogen-bond acceptors (Lipinski definition) is 4. The molecule has 5 heteroatoms. The smallest absolute Gasteiger partial charge is 0.262 e. The number of ether oxygens (including phenoxy) is 1. The van der Waals surface area contributed by atoms with E-state index in [-0.39, 0.29) is 12.5 Å². The summed E-state index contributed by atoms with van der Waals surface area (Å²) in [6.45, 7) is 3.60. The summed E-state index contributed by atoms with van der Waals surface area (Å²) < 4.78 is 5.24. The number of nitrogens with zero attached hydrogens (tertiary/aromatic N) is 1. The van der Waals surface area contributed by atoms with Crippen LogP contribution in [-0.2, 0) is 4.79 Å². The summed E-state index contributed by atoms with van der Waals surface area (Å²) in [5.74, 6) is 0.471. The molecule has 1 heterocycles. The van der Waals surface area contributed by atoms with Gasteiger partial charge in [-0.25, -0.2) is 0 Å². The van der Waals surface area contributed by atoms with E-state index < -0.39 is 5.54 Å². The summed E-state index contributed by atoms with van der Waals surface area (Å²) >= 11 is 0. The van der Waals surface area contributed by atoms with Gasteiger partial charge in [0.25, 0.3) is 5.91 Å². The predicted octanol–water partition coefficient (Wildman–Crippen LogP) is 1.73. The van der Waals surface area contributed by atoms with E-state index in [4.69, 9.17) is 10.00 Å². The molecule has 2 rings (SSSR count). The number of carbonyl (C=O) groups is 1. The Morgan fingerprint density at radius 2 is 2.29 bits per heavy atom. The van der Waals surface area contributed by atoms with Gasteiger partial charge in [-0.05, 0) is 32.0 Å². The number of fused-ring (bicyclic) bond motifs is 1. The minimum atomic E-state index is -0.659. The quantitative estimate of drug-likeness (QED) is 0.812. The lowest BCUT2D eigenvalue weighted by Crippen LogP contribution is -2.29. The van der Waals surface area contributed by atoms with Crippen molar-refractivity contribution in [3.8, 4) is 11.8 Å². The molecule has 88 valence electrons. The second-order valence-corrected chi connectivity index (χ2v) is 4.41. The first kappa shape index (κ1) is 11.3. The maximum Gasteiger partial charge on any atom is 0.262 e. The third-order valence-corrected chi connectivity index (χ3v) is 2.35. The van der Waals surface area contributed by atoms with Gasteiger partial charge in [0.2, 0.25) is 0 Å². The van der Waals surface area contributed by atoms with Crippen molar-refractivity contribution in [2.24, 2.45) is 0 Å². The Labute approximate surface area is 99.4 Å². The van der Waals surface area contributed by atoms with E-state index >= 15 is 0 Å². The Kier molecular flexibility index (Phi) is 2.64. The molecule has 1 amide bonds. The van der Waals surface area contributed by atoms with Crippen molar-refractivity contribution in [3.05, 3.63) is 18.2 Å². The maximum atomic E-state index is 11.2. The normalized spacial score (nSPS) is 14.1. The van der Waals surface area contributed by atoms with Crippen LogP contribution >= 0.6 is 0 Å². The lowest BCUT2D eigenvalue weighted by molar-refractivity contribution is -0.118. The second-order valence-electron chi connectivity index (χ2n) is 4.41. The van der Waals surface area contributed by atoms with Crippen molar-refractivity contribution in [3.63, 3.8) is 0 Å². The summed E-state index contributed by atoms with van der Waals surface area (Å²) in [6, 6.07) is 7.49.